The van der Waals surface area contributed by atoms with Crippen LogP contribution in [-0.2, 0) is 0 Å². The van der Waals surface area contributed by atoms with E-state index in [1.165, 1.54) is 16.9 Å². The average molecular weight is 273 g/mol. The maximum Gasteiger partial charge on any atom is 0.337 e. The molecule has 0 bridgehead atoms. The summed E-state index contributed by atoms with van der Waals surface area (Å²) in [4.78, 5) is 23.8. The molecule has 0 amide bonds. The molecule has 0 saturated heterocycles. The van der Waals surface area contributed by atoms with Crippen LogP contribution in [0.4, 0.5) is 0 Å². The van der Waals surface area contributed by atoms with Gasteiger partial charge in [0.05, 0.1) is 5.56 Å². The van der Waals surface area contributed by atoms with Crippen LogP contribution in [0.3, 0.4) is 0 Å². The number of hydrogen-bond acceptors (Lipinski definition) is 3. The standard InChI is InChI=1S/C14H15N3O3/c18-13-12(17-7-3-6-15-17)8-10(14(19)20)9-16(13)11-4-1-2-5-11/h3,6-9,11H,1-2,4-5H2,(H,19,20). The van der Waals surface area contributed by atoms with Gasteiger partial charge in [-0.3, -0.25) is 4.79 Å². The lowest BCUT2D eigenvalue weighted by molar-refractivity contribution is 0.0695. The minimum atomic E-state index is -1.04. The Hall–Kier alpha value is -2.37. The zero-order valence-corrected chi connectivity index (χ0v) is 10.9. The first-order valence-corrected chi connectivity index (χ1v) is 6.66. The molecule has 1 aliphatic carbocycles. The summed E-state index contributed by atoms with van der Waals surface area (Å²) >= 11 is 0. The Bertz CT molecular complexity index is 682. The van der Waals surface area contributed by atoms with Gasteiger partial charge in [0, 0.05) is 24.6 Å². The van der Waals surface area contributed by atoms with E-state index in [9.17, 15) is 14.7 Å². The molecule has 1 saturated carbocycles. The van der Waals surface area contributed by atoms with E-state index in [0.29, 0.717) is 0 Å². The quantitative estimate of drug-likeness (QED) is 0.925. The van der Waals surface area contributed by atoms with Crippen molar-refractivity contribution in [3.8, 4) is 5.69 Å². The molecule has 1 N–H and O–H groups in total. The van der Waals surface area contributed by atoms with Gasteiger partial charge in [0.2, 0.25) is 0 Å². The highest BCUT2D eigenvalue weighted by molar-refractivity contribution is 5.87. The first-order chi connectivity index (χ1) is 9.66. The Morgan fingerprint density at radius 2 is 2.10 bits per heavy atom. The van der Waals surface area contributed by atoms with E-state index < -0.39 is 5.97 Å². The highest BCUT2D eigenvalue weighted by atomic mass is 16.4. The zero-order valence-electron chi connectivity index (χ0n) is 10.9. The fourth-order valence-electron chi connectivity index (χ4n) is 2.73. The summed E-state index contributed by atoms with van der Waals surface area (Å²) in [6.07, 6.45) is 8.64. The van der Waals surface area contributed by atoms with E-state index in [1.807, 2.05) is 0 Å². The van der Waals surface area contributed by atoms with Gasteiger partial charge >= 0.3 is 5.97 Å². The number of rotatable bonds is 3. The predicted octanol–water partition coefficient (Wildman–Crippen LogP) is 1.85. The Morgan fingerprint density at radius 3 is 2.70 bits per heavy atom. The van der Waals surface area contributed by atoms with Gasteiger partial charge in [0.1, 0.15) is 5.69 Å². The number of carboxylic acids is 1. The van der Waals surface area contributed by atoms with Gasteiger partial charge in [0.25, 0.3) is 5.56 Å². The number of nitrogens with zero attached hydrogens (tertiary/aromatic N) is 3. The lowest BCUT2D eigenvalue weighted by Gasteiger charge is -2.16. The third-order valence-corrected chi connectivity index (χ3v) is 3.74. The second kappa shape index (κ2) is 4.96. The van der Waals surface area contributed by atoms with Crippen LogP contribution in [0.25, 0.3) is 5.69 Å². The van der Waals surface area contributed by atoms with Crippen LogP contribution in [0.15, 0.2) is 35.5 Å². The monoisotopic (exact) mass is 273 g/mol. The van der Waals surface area contributed by atoms with Gasteiger partial charge in [-0.1, -0.05) is 12.8 Å². The molecular formula is C14H15N3O3. The fourth-order valence-corrected chi connectivity index (χ4v) is 2.73. The van der Waals surface area contributed by atoms with E-state index in [4.69, 9.17) is 0 Å². The summed E-state index contributed by atoms with van der Waals surface area (Å²) < 4.78 is 2.98. The molecule has 0 aliphatic heterocycles. The molecular weight excluding hydrogens is 258 g/mol. The van der Waals surface area contributed by atoms with E-state index in [2.05, 4.69) is 5.10 Å². The van der Waals surface area contributed by atoms with Crippen molar-refractivity contribution in [1.29, 1.82) is 0 Å². The van der Waals surface area contributed by atoms with Crippen molar-refractivity contribution in [3.05, 3.63) is 46.6 Å². The number of aromatic carboxylic acids is 1. The zero-order chi connectivity index (χ0) is 14.1. The van der Waals surface area contributed by atoms with Crippen LogP contribution in [0.5, 0.6) is 0 Å². The molecule has 0 unspecified atom stereocenters. The van der Waals surface area contributed by atoms with Crippen molar-refractivity contribution in [3.63, 3.8) is 0 Å². The Morgan fingerprint density at radius 1 is 1.35 bits per heavy atom. The number of aromatic nitrogens is 3. The van der Waals surface area contributed by atoms with Crippen LogP contribution in [-0.4, -0.2) is 25.4 Å². The molecule has 0 spiro atoms. The first-order valence-electron chi connectivity index (χ1n) is 6.66. The van der Waals surface area contributed by atoms with Crippen LogP contribution in [0.1, 0.15) is 42.1 Å². The first kappa shape index (κ1) is 12.7. The number of carboxylic acid groups (broad SMARTS) is 1. The Labute approximate surface area is 115 Å². The van der Waals surface area contributed by atoms with Gasteiger partial charge in [-0.05, 0) is 25.0 Å². The van der Waals surface area contributed by atoms with Crippen LogP contribution in [0.2, 0.25) is 0 Å². The Kier molecular flexibility index (Phi) is 3.14. The third-order valence-electron chi connectivity index (χ3n) is 3.74. The van der Waals surface area contributed by atoms with Crippen molar-refractivity contribution in [2.24, 2.45) is 0 Å². The molecule has 1 aliphatic rings. The average Bonchev–Trinajstić information content (AvgIpc) is 3.12. The molecule has 0 aromatic carbocycles. The van der Waals surface area contributed by atoms with Crippen LogP contribution < -0.4 is 5.56 Å². The summed E-state index contributed by atoms with van der Waals surface area (Å²) in [6, 6.07) is 3.17. The molecule has 2 aromatic rings. The van der Waals surface area contributed by atoms with Crippen molar-refractivity contribution in [1.82, 2.24) is 14.3 Å². The SMILES string of the molecule is O=C(O)c1cc(-n2cccn2)c(=O)n(C2CCCC2)c1. The van der Waals surface area contributed by atoms with Gasteiger partial charge in [-0.2, -0.15) is 5.10 Å². The van der Waals surface area contributed by atoms with Crippen LogP contribution in [0, 0.1) is 0 Å². The molecule has 20 heavy (non-hydrogen) atoms. The van der Waals surface area contributed by atoms with Crippen LogP contribution >= 0.6 is 0 Å². The fraction of sp³-hybridized carbons (Fsp3) is 0.357. The lowest BCUT2D eigenvalue weighted by Crippen LogP contribution is -2.28. The van der Waals surface area contributed by atoms with E-state index in [-0.39, 0.29) is 22.9 Å². The maximum absolute atomic E-state index is 12.5. The van der Waals surface area contributed by atoms with Crippen molar-refractivity contribution >= 4 is 5.97 Å². The molecule has 2 aromatic heterocycles. The van der Waals surface area contributed by atoms with Gasteiger partial charge in [-0.25, -0.2) is 9.48 Å². The second-order valence-corrected chi connectivity index (χ2v) is 5.02. The summed E-state index contributed by atoms with van der Waals surface area (Å²) in [5.74, 6) is -1.04. The number of hydrogen-bond donors (Lipinski definition) is 1. The molecule has 2 heterocycles. The molecule has 0 radical (unpaired) electrons. The van der Waals surface area contributed by atoms with Crippen molar-refractivity contribution in [2.75, 3.05) is 0 Å². The maximum atomic E-state index is 12.5. The predicted molar refractivity (Wildman–Crippen MR) is 72.3 cm³/mol. The summed E-state index contributed by atoms with van der Waals surface area (Å²) in [5, 5.41) is 13.2. The lowest BCUT2D eigenvalue weighted by atomic mass is 10.2. The molecule has 3 rings (SSSR count). The molecule has 0 atom stereocenters. The minimum absolute atomic E-state index is 0.0936. The second-order valence-electron chi connectivity index (χ2n) is 5.02. The number of carbonyl (C=O) groups is 1. The smallest absolute Gasteiger partial charge is 0.337 e. The molecule has 1 fully saturated rings. The van der Waals surface area contributed by atoms with Gasteiger partial charge in [0.15, 0.2) is 0 Å². The minimum Gasteiger partial charge on any atom is -0.478 e. The van der Waals surface area contributed by atoms with Crippen molar-refractivity contribution < 1.29 is 9.90 Å². The Balaban J connectivity index is 2.18. The van der Waals surface area contributed by atoms with Crippen molar-refractivity contribution in [2.45, 2.75) is 31.7 Å². The highest BCUT2D eigenvalue weighted by Crippen LogP contribution is 2.28. The van der Waals surface area contributed by atoms with E-state index in [1.54, 1.807) is 23.0 Å². The van der Waals surface area contributed by atoms with E-state index >= 15 is 0 Å². The normalized spacial score (nSPS) is 15.6. The third kappa shape index (κ3) is 2.13. The molecule has 6 heteroatoms. The number of pyridine rings is 1. The van der Waals surface area contributed by atoms with Gasteiger partial charge < -0.3 is 9.67 Å². The highest BCUT2D eigenvalue weighted by Gasteiger charge is 2.21. The van der Waals surface area contributed by atoms with E-state index in [0.717, 1.165) is 25.7 Å². The molecule has 104 valence electrons. The molecule has 6 nitrogen and oxygen atoms in total. The largest absolute Gasteiger partial charge is 0.478 e. The summed E-state index contributed by atoms with van der Waals surface area (Å²) in [6.45, 7) is 0. The summed E-state index contributed by atoms with van der Waals surface area (Å²) in [7, 11) is 0. The summed E-state index contributed by atoms with van der Waals surface area (Å²) in [5.41, 5.74) is 0.203. The van der Waals surface area contributed by atoms with Gasteiger partial charge in [-0.15, -0.1) is 0 Å². The topological polar surface area (TPSA) is 77.1 Å².